The van der Waals surface area contributed by atoms with Gasteiger partial charge in [0, 0.05) is 19.1 Å². The Morgan fingerprint density at radius 1 is 1.26 bits per heavy atom. The average Bonchev–Trinajstić information content (AvgIpc) is 2.39. The largest absolute Gasteiger partial charge is 0.494 e. The molecule has 19 heavy (non-hydrogen) atoms. The van der Waals surface area contributed by atoms with E-state index in [9.17, 15) is 0 Å². The number of hydrogen-bond donors (Lipinski definition) is 1. The Morgan fingerprint density at radius 3 is 2.53 bits per heavy atom. The highest BCUT2D eigenvalue weighted by atomic mass is 32.1. The van der Waals surface area contributed by atoms with Crippen LogP contribution >= 0.6 is 12.2 Å². The highest BCUT2D eigenvalue weighted by molar-refractivity contribution is 7.80. The monoisotopic (exact) mass is 283 g/mol. The Kier molecular flexibility index (Phi) is 7.40. The molecule has 0 amide bonds. The highest BCUT2D eigenvalue weighted by Gasteiger charge is 2.01. The van der Waals surface area contributed by atoms with Crippen molar-refractivity contribution in [2.24, 2.45) is 5.73 Å². The van der Waals surface area contributed by atoms with Crippen molar-refractivity contribution in [2.75, 3.05) is 26.9 Å². The zero-order chi connectivity index (χ0) is 14.1. The molecular formula is C14H21NO3S. The van der Waals surface area contributed by atoms with E-state index in [1.807, 2.05) is 31.2 Å². The van der Waals surface area contributed by atoms with Gasteiger partial charge in [-0.15, -0.1) is 0 Å². The summed E-state index contributed by atoms with van der Waals surface area (Å²) in [5.41, 5.74) is 6.37. The molecule has 4 nitrogen and oxygen atoms in total. The fraction of sp³-hybridized carbons (Fsp3) is 0.500. The molecular weight excluding hydrogens is 262 g/mol. The predicted octanol–water partition coefficient (Wildman–Crippen LogP) is 2.14. The normalized spacial score (nSPS) is 12.1. The van der Waals surface area contributed by atoms with Crippen LogP contribution < -0.4 is 10.5 Å². The Bertz CT molecular complexity index is 381. The lowest BCUT2D eigenvalue weighted by Gasteiger charge is -2.12. The maximum atomic E-state index is 5.59. The molecule has 0 aliphatic heterocycles. The lowest BCUT2D eigenvalue weighted by molar-refractivity contribution is 0.00509. The molecule has 0 heterocycles. The minimum absolute atomic E-state index is 0.120. The van der Waals surface area contributed by atoms with E-state index in [0.29, 0.717) is 24.8 Å². The van der Waals surface area contributed by atoms with Crippen LogP contribution in [-0.2, 0) is 9.47 Å². The lowest BCUT2D eigenvalue weighted by Crippen LogP contribution is -2.16. The molecule has 1 unspecified atom stereocenters. The number of ether oxygens (including phenoxy) is 3. The molecule has 0 bridgehead atoms. The van der Waals surface area contributed by atoms with E-state index in [0.717, 1.165) is 17.7 Å². The summed E-state index contributed by atoms with van der Waals surface area (Å²) in [5, 5.41) is 0. The number of thiocarbonyl (C=S) groups is 1. The van der Waals surface area contributed by atoms with Crippen LogP contribution in [0, 0.1) is 0 Å². The molecule has 0 aromatic heterocycles. The van der Waals surface area contributed by atoms with Gasteiger partial charge in [-0.25, -0.2) is 0 Å². The van der Waals surface area contributed by atoms with Crippen molar-refractivity contribution in [2.45, 2.75) is 19.4 Å². The van der Waals surface area contributed by atoms with Gasteiger partial charge in [-0.2, -0.15) is 0 Å². The molecule has 0 aliphatic rings. The molecule has 1 aromatic rings. The number of methoxy groups -OCH3 is 1. The molecule has 1 rings (SSSR count). The second kappa shape index (κ2) is 8.85. The summed E-state index contributed by atoms with van der Waals surface area (Å²) < 4.78 is 16.1. The number of benzene rings is 1. The molecule has 1 aromatic carbocycles. The van der Waals surface area contributed by atoms with Crippen molar-refractivity contribution in [3.8, 4) is 5.75 Å². The third-order valence-corrected chi connectivity index (χ3v) is 2.74. The Balaban J connectivity index is 2.17. The summed E-state index contributed by atoms with van der Waals surface area (Å²) >= 11 is 4.88. The number of nitrogens with two attached hydrogens (primary N) is 1. The first kappa shape index (κ1) is 15.9. The van der Waals surface area contributed by atoms with E-state index in [1.54, 1.807) is 7.11 Å². The first-order chi connectivity index (χ1) is 9.13. The lowest BCUT2D eigenvalue weighted by atomic mass is 10.2. The van der Waals surface area contributed by atoms with Crippen LogP contribution in [0.15, 0.2) is 24.3 Å². The fourth-order valence-electron chi connectivity index (χ4n) is 1.53. The fourth-order valence-corrected chi connectivity index (χ4v) is 1.67. The minimum atomic E-state index is 0.120. The van der Waals surface area contributed by atoms with Gasteiger partial charge >= 0.3 is 0 Å². The predicted molar refractivity (Wildman–Crippen MR) is 79.7 cm³/mol. The molecule has 0 fully saturated rings. The third-order valence-electron chi connectivity index (χ3n) is 2.50. The van der Waals surface area contributed by atoms with E-state index in [2.05, 4.69) is 0 Å². The van der Waals surface area contributed by atoms with Gasteiger partial charge in [0.1, 0.15) is 10.7 Å². The standard InChI is InChI=1S/C14H21NO3S/c1-11(10-16-2)17-8-3-9-18-13-6-4-12(5-7-13)14(15)19/h4-7,11H,3,8-10H2,1-2H3,(H2,15,19). The van der Waals surface area contributed by atoms with Crippen LogP contribution in [0.2, 0.25) is 0 Å². The van der Waals surface area contributed by atoms with Crippen molar-refractivity contribution >= 4 is 17.2 Å². The van der Waals surface area contributed by atoms with Crippen molar-refractivity contribution in [3.63, 3.8) is 0 Å². The first-order valence-electron chi connectivity index (χ1n) is 6.26. The van der Waals surface area contributed by atoms with Gasteiger partial charge in [0.2, 0.25) is 0 Å². The van der Waals surface area contributed by atoms with Crippen LogP contribution in [0.3, 0.4) is 0 Å². The van der Waals surface area contributed by atoms with Crippen molar-refractivity contribution in [1.82, 2.24) is 0 Å². The molecule has 0 saturated heterocycles. The molecule has 5 heteroatoms. The van der Waals surface area contributed by atoms with E-state index >= 15 is 0 Å². The van der Waals surface area contributed by atoms with Gasteiger partial charge in [-0.3, -0.25) is 0 Å². The van der Waals surface area contributed by atoms with E-state index in [4.69, 9.17) is 32.2 Å². The molecule has 106 valence electrons. The third kappa shape index (κ3) is 6.52. The van der Waals surface area contributed by atoms with Crippen molar-refractivity contribution < 1.29 is 14.2 Å². The smallest absolute Gasteiger partial charge is 0.119 e. The van der Waals surface area contributed by atoms with Gasteiger partial charge in [-0.05, 0) is 31.2 Å². The topological polar surface area (TPSA) is 53.7 Å². The van der Waals surface area contributed by atoms with E-state index in [1.165, 1.54) is 0 Å². The first-order valence-corrected chi connectivity index (χ1v) is 6.67. The maximum Gasteiger partial charge on any atom is 0.119 e. The van der Waals surface area contributed by atoms with Gasteiger partial charge in [-0.1, -0.05) is 12.2 Å². The molecule has 1 atom stereocenters. The van der Waals surface area contributed by atoms with Crippen molar-refractivity contribution in [3.05, 3.63) is 29.8 Å². The quantitative estimate of drug-likeness (QED) is 0.556. The van der Waals surface area contributed by atoms with E-state index < -0.39 is 0 Å². The van der Waals surface area contributed by atoms with Crippen LogP contribution in [0.4, 0.5) is 0 Å². The molecule has 0 spiro atoms. The van der Waals surface area contributed by atoms with Gasteiger partial charge in [0.25, 0.3) is 0 Å². The Morgan fingerprint density at radius 2 is 1.95 bits per heavy atom. The van der Waals surface area contributed by atoms with Gasteiger partial charge < -0.3 is 19.9 Å². The highest BCUT2D eigenvalue weighted by Crippen LogP contribution is 2.12. The Labute approximate surface area is 119 Å². The second-order valence-electron chi connectivity index (χ2n) is 4.23. The zero-order valence-electron chi connectivity index (χ0n) is 11.4. The van der Waals surface area contributed by atoms with Crippen LogP contribution in [0.25, 0.3) is 0 Å². The zero-order valence-corrected chi connectivity index (χ0v) is 12.2. The summed E-state index contributed by atoms with van der Waals surface area (Å²) in [6.07, 6.45) is 0.959. The minimum Gasteiger partial charge on any atom is -0.494 e. The summed E-state index contributed by atoms with van der Waals surface area (Å²) in [6, 6.07) is 7.44. The summed E-state index contributed by atoms with van der Waals surface area (Å²) in [6.45, 7) is 3.88. The summed E-state index contributed by atoms with van der Waals surface area (Å²) in [5.74, 6) is 0.810. The van der Waals surface area contributed by atoms with Gasteiger partial charge in [0.15, 0.2) is 0 Å². The average molecular weight is 283 g/mol. The van der Waals surface area contributed by atoms with Crippen LogP contribution in [-0.4, -0.2) is 38.0 Å². The van der Waals surface area contributed by atoms with E-state index in [-0.39, 0.29) is 6.10 Å². The molecule has 0 saturated carbocycles. The molecule has 0 aliphatic carbocycles. The second-order valence-corrected chi connectivity index (χ2v) is 4.67. The SMILES string of the molecule is COCC(C)OCCCOc1ccc(C(N)=S)cc1. The maximum absolute atomic E-state index is 5.59. The molecule has 0 radical (unpaired) electrons. The molecule has 2 N–H and O–H groups in total. The van der Waals surface area contributed by atoms with Gasteiger partial charge in [0.05, 0.1) is 25.9 Å². The van der Waals surface area contributed by atoms with Crippen LogP contribution in [0.1, 0.15) is 18.9 Å². The van der Waals surface area contributed by atoms with Crippen molar-refractivity contribution in [1.29, 1.82) is 0 Å². The summed E-state index contributed by atoms with van der Waals surface area (Å²) in [7, 11) is 1.67. The summed E-state index contributed by atoms with van der Waals surface area (Å²) in [4.78, 5) is 0.395. The van der Waals surface area contributed by atoms with Crippen LogP contribution in [0.5, 0.6) is 5.75 Å². The number of rotatable bonds is 9. The Hall–Kier alpha value is -1.17. The number of hydrogen-bond acceptors (Lipinski definition) is 4.